The van der Waals surface area contributed by atoms with Crippen molar-refractivity contribution < 1.29 is 0 Å². The Morgan fingerprint density at radius 1 is 1.26 bits per heavy atom. The molecule has 19 heavy (non-hydrogen) atoms. The summed E-state index contributed by atoms with van der Waals surface area (Å²) in [5, 5.41) is 3.63. The van der Waals surface area contributed by atoms with Gasteiger partial charge in [-0.2, -0.15) is 0 Å². The van der Waals surface area contributed by atoms with Gasteiger partial charge in [0.15, 0.2) is 0 Å². The number of fused-ring (bicyclic) bond motifs is 1. The summed E-state index contributed by atoms with van der Waals surface area (Å²) in [6.45, 7) is 8.32. The maximum atomic E-state index is 3.63. The van der Waals surface area contributed by atoms with E-state index < -0.39 is 0 Å². The van der Waals surface area contributed by atoms with Crippen LogP contribution in [0, 0.1) is 0 Å². The Bertz CT molecular complexity index is 421. The number of hydrogen-bond acceptors (Lipinski definition) is 2. The minimum absolute atomic E-state index is 0.648. The van der Waals surface area contributed by atoms with Gasteiger partial charge in [0.25, 0.3) is 0 Å². The van der Waals surface area contributed by atoms with E-state index in [0.717, 1.165) is 12.0 Å². The van der Waals surface area contributed by atoms with E-state index in [1.54, 1.807) is 11.1 Å². The van der Waals surface area contributed by atoms with Crippen molar-refractivity contribution in [1.29, 1.82) is 0 Å². The van der Waals surface area contributed by atoms with Gasteiger partial charge < -0.3 is 5.32 Å². The molecule has 2 aliphatic rings. The van der Waals surface area contributed by atoms with Crippen molar-refractivity contribution in [3.63, 3.8) is 0 Å². The van der Waals surface area contributed by atoms with Crippen LogP contribution in [0.4, 0.5) is 0 Å². The van der Waals surface area contributed by atoms with Crippen LogP contribution in [0.2, 0.25) is 0 Å². The Balaban J connectivity index is 1.60. The highest BCUT2D eigenvalue weighted by Crippen LogP contribution is 2.35. The first-order valence-corrected chi connectivity index (χ1v) is 7.79. The molecule has 0 aromatic heterocycles. The van der Waals surface area contributed by atoms with Gasteiger partial charge in [0.05, 0.1) is 0 Å². The molecule has 0 bridgehead atoms. The second-order valence-corrected chi connectivity index (χ2v) is 6.44. The van der Waals surface area contributed by atoms with Crippen LogP contribution in [0.1, 0.15) is 43.7 Å². The molecule has 0 amide bonds. The summed E-state index contributed by atoms with van der Waals surface area (Å²) in [6.07, 6.45) is 3.98. The minimum atomic E-state index is 0.648. The molecule has 2 atom stereocenters. The van der Waals surface area contributed by atoms with Crippen LogP contribution in [0.25, 0.3) is 0 Å². The van der Waals surface area contributed by atoms with Crippen molar-refractivity contribution in [1.82, 2.24) is 10.2 Å². The van der Waals surface area contributed by atoms with Crippen molar-refractivity contribution in [3.8, 4) is 0 Å². The standard InChI is InChI=1S/C17H26N2/c1-13(2)19(12-16-7-5-9-18-16)11-15-10-14-6-3-4-8-17(14)15/h3-4,6,8,13,15-16,18H,5,7,9-12H2,1-2H3. The summed E-state index contributed by atoms with van der Waals surface area (Å²) in [5.41, 5.74) is 3.16. The van der Waals surface area contributed by atoms with Crippen LogP contribution in [-0.4, -0.2) is 36.6 Å². The number of rotatable bonds is 5. The topological polar surface area (TPSA) is 15.3 Å². The van der Waals surface area contributed by atoms with Crippen molar-refractivity contribution >= 4 is 0 Å². The lowest BCUT2D eigenvalue weighted by molar-refractivity contribution is 0.184. The van der Waals surface area contributed by atoms with E-state index in [9.17, 15) is 0 Å². The molecule has 0 radical (unpaired) electrons. The lowest BCUT2D eigenvalue weighted by Crippen LogP contribution is -2.44. The fourth-order valence-corrected chi connectivity index (χ4v) is 3.50. The van der Waals surface area contributed by atoms with Crippen molar-refractivity contribution in [2.24, 2.45) is 0 Å². The Morgan fingerprint density at radius 2 is 2.11 bits per heavy atom. The average molecular weight is 258 g/mol. The predicted molar refractivity (Wildman–Crippen MR) is 80.6 cm³/mol. The number of nitrogens with zero attached hydrogens (tertiary/aromatic N) is 1. The Labute approximate surface area is 117 Å². The molecule has 1 aliphatic carbocycles. The van der Waals surface area contributed by atoms with Crippen LogP contribution < -0.4 is 5.32 Å². The normalized spacial score (nSPS) is 25.7. The molecule has 2 nitrogen and oxygen atoms in total. The molecule has 3 rings (SSSR count). The third-order valence-corrected chi connectivity index (χ3v) is 4.76. The van der Waals surface area contributed by atoms with Crippen LogP contribution in [-0.2, 0) is 6.42 Å². The van der Waals surface area contributed by atoms with Gasteiger partial charge >= 0.3 is 0 Å². The van der Waals surface area contributed by atoms with Gasteiger partial charge in [0.2, 0.25) is 0 Å². The highest BCUT2D eigenvalue weighted by atomic mass is 15.2. The Morgan fingerprint density at radius 3 is 2.79 bits per heavy atom. The minimum Gasteiger partial charge on any atom is -0.313 e. The molecule has 1 saturated heterocycles. The summed E-state index contributed by atoms with van der Waals surface area (Å²) in [5.74, 6) is 0.764. The maximum absolute atomic E-state index is 3.63. The van der Waals surface area contributed by atoms with Crippen LogP contribution >= 0.6 is 0 Å². The van der Waals surface area contributed by atoms with E-state index in [0.29, 0.717) is 6.04 Å². The number of hydrogen-bond donors (Lipinski definition) is 1. The van der Waals surface area contributed by atoms with Gasteiger partial charge in [-0.1, -0.05) is 24.3 Å². The lowest BCUT2D eigenvalue weighted by Gasteiger charge is -2.37. The number of nitrogens with one attached hydrogen (secondary N) is 1. The summed E-state index contributed by atoms with van der Waals surface area (Å²) in [4.78, 5) is 2.67. The molecule has 0 spiro atoms. The van der Waals surface area contributed by atoms with E-state index in [1.165, 1.54) is 38.9 Å². The zero-order chi connectivity index (χ0) is 13.2. The monoisotopic (exact) mass is 258 g/mol. The lowest BCUT2D eigenvalue weighted by atomic mass is 9.77. The van der Waals surface area contributed by atoms with Crippen molar-refractivity contribution in [3.05, 3.63) is 35.4 Å². The molecule has 1 aliphatic heterocycles. The first-order chi connectivity index (χ1) is 9.24. The summed E-state index contributed by atoms with van der Waals surface area (Å²) in [6, 6.07) is 10.3. The molecule has 1 aromatic rings. The zero-order valence-corrected chi connectivity index (χ0v) is 12.2. The quantitative estimate of drug-likeness (QED) is 0.873. The highest BCUT2D eigenvalue weighted by Gasteiger charge is 2.29. The van der Waals surface area contributed by atoms with Gasteiger partial charge in [-0.25, -0.2) is 0 Å². The molecule has 1 aromatic carbocycles. The zero-order valence-electron chi connectivity index (χ0n) is 12.2. The molecule has 1 heterocycles. The largest absolute Gasteiger partial charge is 0.313 e. The van der Waals surface area contributed by atoms with Crippen molar-refractivity contribution in [2.45, 2.75) is 51.1 Å². The molecule has 0 saturated carbocycles. The predicted octanol–water partition coefficient (Wildman–Crippen LogP) is 2.79. The average Bonchev–Trinajstić information content (AvgIpc) is 2.87. The second kappa shape index (κ2) is 5.64. The summed E-state index contributed by atoms with van der Waals surface area (Å²) >= 11 is 0. The molecular weight excluding hydrogens is 232 g/mol. The van der Waals surface area contributed by atoms with Crippen molar-refractivity contribution in [2.75, 3.05) is 19.6 Å². The maximum Gasteiger partial charge on any atom is 0.0195 e. The number of benzene rings is 1. The fraction of sp³-hybridized carbons (Fsp3) is 0.647. The third-order valence-electron chi connectivity index (χ3n) is 4.76. The molecule has 2 unspecified atom stereocenters. The molecular formula is C17H26N2. The molecule has 104 valence electrons. The van der Waals surface area contributed by atoms with Gasteiger partial charge in [-0.15, -0.1) is 0 Å². The summed E-state index contributed by atoms with van der Waals surface area (Å²) < 4.78 is 0. The van der Waals surface area contributed by atoms with E-state index >= 15 is 0 Å². The second-order valence-electron chi connectivity index (χ2n) is 6.44. The Hall–Kier alpha value is -0.860. The van der Waals surface area contributed by atoms with Crippen LogP contribution in [0.5, 0.6) is 0 Å². The van der Waals surface area contributed by atoms with Gasteiger partial charge in [-0.3, -0.25) is 4.90 Å². The van der Waals surface area contributed by atoms with Crippen LogP contribution in [0.3, 0.4) is 0 Å². The fourth-order valence-electron chi connectivity index (χ4n) is 3.50. The summed E-state index contributed by atoms with van der Waals surface area (Å²) in [7, 11) is 0. The van der Waals surface area contributed by atoms with Gasteiger partial charge in [0, 0.05) is 31.1 Å². The van der Waals surface area contributed by atoms with E-state index in [-0.39, 0.29) is 0 Å². The molecule has 1 fully saturated rings. The first kappa shape index (κ1) is 13.1. The van der Waals surface area contributed by atoms with Gasteiger partial charge in [0.1, 0.15) is 0 Å². The molecule has 1 N–H and O–H groups in total. The SMILES string of the molecule is CC(C)N(CC1CCCN1)CC1Cc2ccccc21. The van der Waals surface area contributed by atoms with E-state index in [1.807, 2.05) is 0 Å². The van der Waals surface area contributed by atoms with Gasteiger partial charge in [-0.05, 0) is 50.8 Å². The first-order valence-electron chi connectivity index (χ1n) is 7.79. The van der Waals surface area contributed by atoms with Crippen LogP contribution in [0.15, 0.2) is 24.3 Å². The van der Waals surface area contributed by atoms with E-state index in [4.69, 9.17) is 0 Å². The highest BCUT2D eigenvalue weighted by molar-refractivity contribution is 5.40. The van der Waals surface area contributed by atoms with E-state index in [2.05, 4.69) is 48.3 Å². The third kappa shape index (κ3) is 2.85. The smallest absolute Gasteiger partial charge is 0.0195 e. The Kier molecular flexibility index (Phi) is 3.90. The molecule has 2 heteroatoms.